The van der Waals surface area contributed by atoms with E-state index in [1.807, 2.05) is 6.07 Å². The van der Waals surface area contributed by atoms with Crippen molar-refractivity contribution >= 4 is 31.6 Å². The van der Waals surface area contributed by atoms with Gasteiger partial charge in [0.05, 0.1) is 39.4 Å². The quantitative estimate of drug-likeness (QED) is 0.392. The number of aromatic nitrogens is 1. The number of amides is 2. The topological polar surface area (TPSA) is 165 Å². The highest BCUT2D eigenvalue weighted by atomic mass is 32.2. The van der Waals surface area contributed by atoms with Crippen molar-refractivity contribution in [2.24, 2.45) is 0 Å². The van der Waals surface area contributed by atoms with Crippen LogP contribution in [0, 0.1) is 36.5 Å². The summed E-state index contributed by atoms with van der Waals surface area (Å²) in [6.07, 6.45) is -4.02. The Morgan fingerprint density at radius 1 is 1.00 bits per heavy atom. The number of sulfonamides is 1. The van der Waals surface area contributed by atoms with Gasteiger partial charge in [-0.2, -0.15) is 23.7 Å². The molecule has 218 valence electrons. The summed E-state index contributed by atoms with van der Waals surface area (Å²) < 4.78 is 99.9. The zero-order valence-corrected chi connectivity index (χ0v) is 23.9. The second-order valence-corrected chi connectivity index (χ2v) is 13.0. The number of alkyl halides is 3. The second-order valence-electron chi connectivity index (χ2n) is 9.27. The van der Waals surface area contributed by atoms with Crippen LogP contribution in [0.3, 0.4) is 0 Å². The molecule has 0 saturated heterocycles. The normalized spacial score (nSPS) is 16.4. The van der Waals surface area contributed by atoms with Crippen molar-refractivity contribution in [3.8, 4) is 12.1 Å². The minimum absolute atomic E-state index is 0.105. The lowest BCUT2D eigenvalue weighted by atomic mass is 9.94. The van der Waals surface area contributed by atoms with Gasteiger partial charge in [-0.1, -0.05) is 17.3 Å². The number of halogens is 3. The predicted octanol–water partition coefficient (Wildman–Crippen LogP) is 4.76. The Bertz CT molecular complexity index is 1950. The molecule has 0 bridgehead atoms. The SMILES string of the molecule is CC1=C(C#N)C(c2ccc(C#N)cc2S(C)(=O)=O)N(S(=O)(=O)c2c(C)noc2C)C(=O)N1c1cccc(C(F)(F)F)c1. The van der Waals surface area contributed by atoms with E-state index in [-0.39, 0.29) is 32.6 Å². The van der Waals surface area contributed by atoms with Crippen molar-refractivity contribution in [2.45, 2.75) is 42.8 Å². The number of benzene rings is 2. The van der Waals surface area contributed by atoms with Crippen LogP contribution in [-0.4, -0.2) is 38.6 Å². The van der Waals surface area contributed by atoms with Gasteiger partial charge in [-0.15, -0.1) is 0 Å². The predicted molar refractivity (Wildman–Crippen MR) is 140 cm³/mol. The molecule has 1 aliphatic heterocycles. The molecule has 0 aliphatic carbocycles. The minimum atomic E-state index is -5.03. The Kier molecular flexibility index (Phi) is 7.43. The number of hydrogen-bond donors (Lipinski definition) is 0. The van der Waals surface area contributed by atoms with Gasteiger partial charge in [0.2, 0.25) is 0 Å². The van der Waals surface area contributed by atoms with Crippen molar-refractivity contribution < 1.29 is 39.3 Å². The summed E-state index contributed by atoms with van der Waals surface area (Å²) in [6.45, 7) is 3.73. The Hall–Kier alpha value is -4.67. The van der Waals surface area contributed by atoms with Gasteiger partial charge in [0, 0.05) is 12.0 Å². The molecule has 1 atom stereocenters. The number of carbonyl (C=O) groups excluding carboxylic acids is 1. The van der Waals surface area contributed by atoms with Crippen molar-refractivity contribution in [1.82, 2.24) is 9.46 Å². The molecule has 42 heavy (non-hydrogen) atoms. The van der Waals surface area contributed by atoms with E-state index in [4.69, 9.17) is 4.52 Å². The van der Waals surface area contributed by atoms with Gasteiger partial charge >= 0.3 is 12.2 Å². The lowest BCUT2D eigenvalue weighted by Crippen LogP contribution is -2.52. The van der Waals surface area contributed by atoms with Gasteiger partial charge in [-0.05, 0) is 56.7 Å². The first-order valence-electron chi connectivity index (χ1n) is 11.8. The van der Waals surface area contributed by atoms with Crippen LogP contribution in [-0.2, 0) is 26.0 Å². The Labute approximate surface area is 238 Å². The summed E-state index contributed by atoms with van der Waals surface area (Å²) in [5.41, 5.74) is -2.87. The number of anilines is 1. The number of aryl methyl sites for hydroxylation is 2. The number of urea groups is 1. The van der Waals surface area contributed by atoms with Crippen molar-refractivity contribution in [3.63, 3.8) is 0 Å². The van der Waals surface area contributed by atoms with E-state index in [9.17, 15) is 45.3 Å². The smallest absolute Gasteiger partial charge is 0.360 e. The number of nitriles is 2. The average molecular weight is 620 g/mol. The monoisotopic (exact) mass is 619 g/mol. The number of hydrogen-bond acceptors (Lipinski definition) is 9. The number of carbonyl (C=O) groups is 1. The largest absolute Gasteiger partial charge is 0.416 e. The molecule has 1 unspecified atom stereocenters. The van der Waals surface area contributed by atoms with Gasteiger partial charge in [0.15, 0.2) is 20.5 Å². The van der Waals surface area contributed by atoms with Crippen LogP contribution >= 0.6 is 0 Å². The fraction of sp³-hybridized carbons (Fsp3) is 0.231. The molecule has 1 aliphatic rings. The summed E-state index contributed by atoms with van der Waals surface area (Å²) in [6, 6.07) is 7.02. The summed E-state index contributed by atoms with van der Waals surface area (Å²) in [7, 11) is -9.23. The van der Waals surface area contributed by atoms with E-state index >= 15 is 0 Å². The summed E-state index contributed by atoms with van der Waals surface area (Å²) in [5.74, 6) is -0.238. The molecule has 4 rings (SSSR count). The molecule has 16 heteroatoms. The summed E-state index contributed by atoms with van der Waals surface area (Å²) in [5, 5.41) is 23.2. The van der Waals surface area contributed by atoms with E-state index in [2.05, 4.69) is 5.16 Å². The lowest BCUT2D eigenvalue weighted by Gasteiger charge is -2.41. The molecule has 0 fully saturated rings. The van der Waals surface area contributed by atoms with Gasteiger partial charge < -0.3 is 4.52 Å². The maximum Gasteiger partial charge on any atom is 0.416 e. The molecule has 2 heterocycles. The Balaban J connectivity index is 2.14. The van der Waals surface area contributed by atoms with Crippen molar-refractivity contribution in [3.05, 3.63) is 81.9 Å². The first-order chi connectivity index (χ1) is 19.4. The third kappa shape index (κ3) is 4.99. The van der Waals surface area contributed by atoms with Gasteiger partial charge in [-0.25, -0.2) is 25.9 Å². The highest BCUT2D eigenvalue weighted by Crippen LogP contribution is 2.45. The van der Waals surface area contributed by atoms with Gasteiger partial charge in [-0.3, -0.25) is 4.90 Å². The molecule has 11 nitrogen and oxygen atoms in total. The van der Waals surface area contributed by atoms with Crippen LogP contribution < -0.4 is 4.90 Å². The van der Waals surface area contributed by atoms with Crippen LogP contribution in [0.4, 0.5) is 23.7 Å². The lowest BCUT2D eigenvalue weighted by molar-refractivity contribution is -0.137. The highest BCUT2D eigenvalue weighted by Gasteiger charge is 2.49. The highest BCUT2D eigenvalue weighted by molar-refractivity contribution is 7.91. The van der Waals surface area contributed by atoms with E-state index in [0.717, 1.165) is 36.6 Å². The van der Waals surface area contributed by atoms with Gasteiger partial charge in [0.1, 0.15) is 11.7 Å². The van der Waals surface area contributed by atoms with Crippen LogP contribution in [0.15, 0.2) is 68.0 Å². The standard InChI is InChI=1S/C26H20F3N5O6S2/c1-14-24(16(3)40-32-14)42(38,39)34-23(20-9-8-17(12-30)10-22(20)41(4,36)37)21(13-31)15(2)33(25(34)35)19-7-5-6-18(11-19)26(27,28)29/h5-11,23H,1-4H3. The minimum Gasteiger partial charge on any atom is -0.360 e. The summed E-state index contributed by atoms with van der Waals surface area (Å²) in [4.78, 5) is 13.7. The maximum absolute atomic E-state index is 14.2. The van der Waals surface area contributed by atoms with E-state index in [0.29, 0.717) is 11.0 Å². The molecule has 0 radical (unpaired) electrons. The number of nitrogens with zero attached hydrogens (tertiary/aromatic N) is 5. The third-order valence-corrected chi connectivity index (χ3v) is 9.62. The van der Waals surface area contributed by atoms with Crippen molar-refractivity contribution in [1.29, 1.82) is 10.5 Å². The van der Waals surface area contributed by atoms with Crippen LogP contribution in [0.2, 0.25) is 0 Å². The van der Waals surface area contributed by atoms with Crippen LogP contribution in [0.1, 0.15) is 41.1 Å². The van der Waals surface area contributed by atoms with E-state index in [1.165, 1.54) is 26.8 Å². The number of sulfone groups is 1. The Morgan fingerprint density at radius 3 is 2.19 bits per heavy atom. The second kappa shape index (κ2) is 10.3. The zero-order chi connectivity index (χ0) is 31.4. The fourth-order valence-electron chi connectivity index (χ4n) is 4.67. The number of allylic oxidation sites excluding steroid dienone is 1. The van der Waals surface area contributed by atoms with E-state index < -0.39 is 64.7 Å². The number of rotatable bonds is 5. The fourth-order valence-corrected chi connectivity index (χ4v) is 7.41. The first kappa shape index (κ1) is 30.3. The molecule has 3 aromatic rings. The summed E-state index contributed by atoms with van der Waals surface area (Å²) >= 11 is 0. The molecule has 1 aromatic heterocycles. The van der Waals surface area contributed by atoms with E-state index in [1.54, 1.807) is 6.07 Å². The third-order valence-electron chi connectivity index (χ3n) is 6.49. The average Bonchev–Trinajstić information content (AvgIpc) is 3.25. The molecular weight excluding hydrogens is 599 g/mol. The molecule has 2 amide bonds. The molecule has 0 spiro atoms. The molecule has 0 saturated carbocycles. The first-order valence-corrected chi connectivity index (χ1v) is 15.1. The van der Waals surface area contributed by atoms with Crippen LogP contribution in [0.25, 0.3) is 0 Å². The van der Waals surface area contributed by atoms with Gasteiger partial charge in [0.25, 0.3) is 10.0 Å². The van der Waals surface area contributed by atoms with Crippen LogP contribution in [0.5, 0.6) is 0 Å². The maximum atomic E-state index is 14.2. The zero-order valence-electron chi connectivity index (χ0n) is 22.3. The molecule has 2 aromatic carbocycles. The molecule has 0 N–H and O–H groups in total. The van der Waals surface area contributed by atoms with Crippen molar-refractivity contribution in [2.75, 3.05) is 11.2 Å². The Morgan fingerprint density at radius 2 is 1.67 bits per heavy atom. The molecular formula is C26H20F3N5O6S2.